The molecule has 1 rings (SSSR count). The summed E-state index contributed by atoms with van der Waals surface area (Å²) in [5.74, 6) is 0. The lowest BCUT2D eigenvalue weighted by molar-refractivity contribution is 0.126. The Labute approximate surface area is 87.6 Å². The molecule has 0 saturated carbocycles. The Hall–Kier alpha value is -0.120. The van der Waals surface area contributed by atoms with Crippen LogP contribution in [0.4, 0.5) is 0 Å². The van der Waals surface area contributed by atoms with Gasteiger partial charge in [-0.2, -0.15) is 0 Å². The second-order valence-corrected chi connectivity index (χ2v) is 4.84. The van der Waals surface area contributed by atoms with Crippen LogP contribution in [0.1, 0.15) is 33.1 Å². The number of rotatable bonds is 5. The van der Waals surface area contributed by atoms with Crippen LogP contribution in [0.25, 0.3) is 0 Å². The topological polar surface area (TPSA) is 33.3 Å². The number of methoxy groups -OCH3 is 1. The van der Waals surface area contributed by atoms with E-state index in [9.17, 15) is 0 Å². The van der Waals surface area contributed by atoms with Gasteiger partial charge < -0.3 is 15.4 Å². The van der Waals surface area contributed by atoms with Crippen LogP contribution in [-0.2, 0) is 4.74 Å². The van der Waals surface area contributed by atoms with Gasteiger partial charge in [-0.1, -0.05) is 6.42 Å². The number of hydrogen-bond acceptors (Lipinski definition) is 3. The van der Waals surface area contributed by atoms with E-state index in [-0.39, 0.29) is 5.54 Å². The van der Waals surface area contributed by atoms with Gasteiger partial charge in [-0.05, 0) is 33.2 Å². The maximum Gasteiger partial charge on any atom is 0.0639 e. The molecule has 1 fully saturated rings. The van der Waals surface area contributed by atoms with E-state index in [0.717, 1.165) is 13.2 Å². The largest absolute Gasteiger partial charge is 0.383 e. The Balaban J connectivity index is 2.17. The molecule has 1 atom stereocenters. The minimum atomic E-state index is 0.0911. The van der Waals surface area contributed by atoms with Gasteiger partial charge in [0.1, 0.15) is 0 Å². The Kier molecular flexibility index (Phi) is 4.85. The quantitative estimate of drug-likeness (QED) is 0.698. The molecule has 1 saturated heterocycles. The van der Waals surface area contributed by atoms with Crippen molar-refractivity contribution in [2.45, 2.75) is 44.7 Å². The molecule has 1 aliphatic heterocycles. The van der Waals surface area contributed by atoms with E-state index in [1.165, 1.54) is 25.8 Å². The highest BCUT2D eigenvalue weighted by atomic mass is 16.5. The molecule has 0 bridgehead atoms. The molecule has 1 heterocycles. The number of nitrogens with one attached hydrogen (secondary N) is 2. The van der Waals surface area contributed by atoms with E-state index in [2.05, 4.69) is 24.5 Å². The first-order valence-electron chi connectivity index (χ1n) is 5.61. The van der Waals surface area contributed by atoms with Gasteiger partial charge in [0.25, 0.3) is 0 Å². The van der Waals surface area contributed by atoms with Gasteiger partial charge in [-0.15, -0.1) is 0 Å². The van der Waals surface area contributed by atoms with Gasteiger partial charge in [0.2, 0.25) is 0 Å². The minimum absolute atomic E-state index is 0.0911. The van der Waals surface area contributed by atoms with Crippen molar-refractivity contribution in [2.24, 2.45) is 0 Å². The average molecular weight is 200 g/mol. The van der Waals surface area contributed by atoms with Crippen LogP contribution in [0, 0.1) is 0 Å². The van der Waals surface area contributed by atoms with E-state index >= 15 is 0 Å². The Morgan fingerprint density at radius 2 is 2.21 bits per heavy atom. The van der Waals surface area contributed by atoms with Gasteiger partial charge in [0.05, 0.1) is 6.61 Å². The van der Waals surface area contributed by atoms with Gasteiger partial charge in [0.15, 0.2) is 0 Å². The third-order valence-electron chi connectivity index (χ3n) is 2.74. The molecule has 0 aliphatic carbocycles. The smallest absolute Gasteiger partial charge is 0.0639 e. The standard InChI is InChI=1S/C11H24N2O/c1-11(2,9-14-3)13-8-10-6-4-5-7-12-10/h10,12-13H,4-9H2,1-3H3. The zero-order valence-electron chi connectivity index (χ0n) is 9.73. The van der Waals surface area contributed by atoms with Crippen molar-refractivity contribution in [3.8, 4) is 0 Å². The van der Waals surface area contributed by atoms with Crippen LogP contribution in [-0.4, -0.2) is 38.4 Å². The molecule has 0 amide bonds. The summed E-state index contributed by atoms with van der Waals surface area (Å²) >= 11 is 0. The number of hydrogen-bond donors (Lipinski definition) is 2. The normalized spacial score (nSPS) is 23.8. The van der Waals surface area contributed by atoms with Crippen LogP contribution < -0.4 is 10.6 Å². The summed E-state index contributed by atoms with van der Waals surface area (Å²) in [4.78, 5) is 0. The first-order chi connectivity index (χ1) is 6.64. The molecule has 3 heteroatoms. The van der Waals surface area contributed by atoms with Gasteiger partial charge in [0, 0.05) is 25.2 Å². The molecular weight excluding hydrogens is 176 g/mol. The summed E-state index contributed by atoms with van der Waals surface area (Å²) in [6, 6.07) is 0.653. The fourth-order valence-electron chi connectivity index (χ4n) is 1.91. The highest BCUT2D eigenvalue weighted by Gasteiger charge is 2.19. The summed E-state index contributed by atoms with van der Waals surface area (Å²) in [5.41, 5.74) is 0.0911. The molecule has 0 radical (unpaired) electrons. The van der Waals surface area contributed by atoms with Crippen LogP contribution >= 0.6 is 0 Å². The zero-order chi connectivity index (χ0) is 10.4. The third kappa shape index (κ3) is 4.40. The van der Waals surface area contributed by atoms with E-state index in [0.29, 0.717) is 6.04 Å². The highest BCUT2D eigenvalue weighted by Crippen LogP contribution is 2.08. The minimum Gasteiger partial charge on any atom is -0.383 e. The summed E-state index contributed by atoms with van der Waals surface area (Å²) in [6.07, 6.45) is 4.00. The zero-order valence-corrected chi connectivity index (χ0v) is 9.73. The first-order valence-corrected chi connectivity index (χ1v) is 5.61. The molecule has 0 aromatic heterocycles. The number of ether oxygens (including phenoxy) is 1. The predicted octanol–water partition coefficient (Wildman–Crippen LogP) is 1.14. The highest BCUT2D eigenvalue weighted by molar-refractivity contribution is 4.82. The second-order valence-electron chi connectivity index (χ2n) is 4.84. The Bertz CT molecular complexity index is 153. The molecule has 1 unspecified atom stereocenters. The lowest BCUT2D eigenvalue weighted by Crippen LogP contribution is -2.50. The summed E-state index contributed by atoms with van der Waals surface area (Å²) in [6.45, 7) is 7.35. The van der Waals surface area contributed by atoms with Crippen molar-refractivity contribution >= 4 is 0 Å². The lowest BCUT2D eigenvalue weighted by atomic mass is 10.0. The predicted molar refractivity (Wildman–Crippen MR) is 59.6 cm³/mol. The maximum absolute atomic E-state index is 5.16. The summed E-state index contributed by atoms with van der Waals surface area (Å²) in [5, 5.41) is 7.07. The molecule has 0 spiro atoms. The number of piperidine rings is 1. The van der Waals surface area contributed by atoms with Crippen molar-refractivity contribution in [3.05, 3.63) is 0 Å². The molecule has 0 aromatic carbocycles. The first kappa shape index (κ1) is 12.0. The molecule has 84 valence electrons. The van der Waals surface area contributed by atoms with Crippen LogP contribution in [0.5, 0.6) is 0 Å². The fraction of sp³-hybridized carbons (Fsp3) is 1.00. The maximum atomic E-state index is 5.16. The van der Waals surface area contributed by atoms with E-state index in [1.54, 1.807) is 7.11 Å². The molecule has 2 N–H and O–H groups in total. The average Bonchev–Trinajstić information content (AvgIpc) is 2.17. The molecule has 0 aromatic rings. The Morgan fingerprint density at radius 3 is 2.79 bits per heavy atom. The van der Waals surface area contributed by atoms with Gasteiger partial charge in [-0.3, -0.25) is 0 Å². The summed E-state index contributed by atoms with van der Waals surface area (Å²) in [7, 11) is 1.75. The van der Waals surface area contributed by atoms with Crippen LogP contribution in [0.15, 0.2) is 0 Å². The lowest BCUT2D eigenvalue weighted by Gasteiger charge is -2.30. The molecule has 3 nitrogen and oxygen atoms in total. The van der Waals surface area contributed by atoms with Crippen molar-refractivity contribution in [1.82, 2.24) is 10.6 Å². The molecule has 1 aliphatic rings. The SMILES string of the molecule is COCC(C)(C)NCC1CCCCN1. The van der Waals surface area contributed by atoms with Crippen molar-refractivity contribution in [2.75, 3.05) is 26.8 Å². The van der Waals surface area contributed by atoms with E-state index in [1.807, 2.05) is 0 Å². The van der Waals surface area contributed by atoms with Crippen molar-refractivity contribution in [1.29, 1.82) is 0 Å². The summed E-state index contributed by atoms with van der Waals surface area (Å²) < 4.78 is 5.16. The van der Waals surface area contributed by atoms with E-state index in [4.69, 9.17) is 4.74 Å². The third-order valence-corrected chi connectivity index (χ3v) is 2.74. The van der Waals surface area contributed by atoms with Gasteiger partial charge in [-0.25, -0.2) is 0 Å². The second kappa shape index (κ2) is 5.69. The Morgan fingerprint density at radius 1 is 1.43 bits per heavy atom. The van der Waals surface area contributed by atoms with Crippen molar-refractivity contribution < 1.29 is 4.74 Å². The monoisotopic (exact) mass is 200 g/mol. The fourth-order valence-corrected chi connectivity index (χ4v) is 1.91. The molecular formula is C11H24N2O. The van der Waals surface area contributed by atoms with Crippen LogP contribution in [0.3, 0.4) is 0 Å². The van der Waals surface area contributed by atoms with Crippen LogP contribution in [0.2, 0.25) is 0 Å². The van der Waals surface area contributed by atoms with Crippen molar-refractivity contribution in [3.63, 3.8) is 0 Å². The van der Waals surface area contributed by atoms with Gasteiger partial charge >= 0.3 is 0 Å². The molecule has 14 heavy (non-hydrogen) atoms. The van der Waals surface area contributed by atoms with E-state index < -0.39 is 0 Å².